The first-order chi connectivity index (χ1) is 14.4. The fourth-order valence-corrected chi connectivity index (χ4v) is 2.97. The predicted molar refractivity (Wildman–Crippen MR) is 108 cm³/mol. The Balaban J connectivity index is 1.62. The van der Waals surface area contributed by atoms with Crippen LogP contribution < -0.4 is 10.6 Å². The van der Waals surface area contributed by atoms with Crippen LogP contribution in [0.1, 0.15) is 38.4 Å². The SMILES string of the molecule is Cc1cc(NC(=O)O)nc(C)c1CNC(=O)c1cn(Cc2ccc(CO)cc2)nn1. The maximum absolute atomic E-state index is 12.4. The highest BCUT2D eigenvalue weighted by atomic mass is 16.4. The Morgan fingerprint density at radius 2 is 1.83 bits per heavy atom. The van der Waals surface area contributed by atoms with E-state index in [0.29, 0.717) is 12.2 Å². The van der Waals surface area contributed by atoms with E-state index < -0.39 is 6.09 Å². The van der Waals surface area contributed by atoms with Crippen molar-refractivity contribution in [2.45, 2.75) is 33.5 Å². The van der Waals surface area contributed by atoms with Crippen LogP contribution in [0.2, 0.25) is 0 Å². The molecule has 0 fully saturated rings. The molecule has 1 aromatic carbocycles. The summed E-state index contributed by atoms with van der Waals surface area (Å²) in [5.41, 5.74) is 4.21. The molecular weight excluding hydrogens is 388 g/mol. The third kappa shape index (κ3) is 5.17. The summed E-state index contributed by atoms with van der Waals surface area (Å²) < 4.78 is 1.56. The van der Waals surface area contributed by atoms with Crippen molar-refractivity contribution < 1.29 is 19.8 Å². The summed E-state index contributed by atoms with van der Waals surface area (Å²) in [5.74, 6) is -0.133. The monoisotopic (exact) mass is 410 g/mol. The van der Waals surface area contributed by atoms with Crippen LogP contribution in [0.5, 0.6) is 0 Å². The Morgan fingerprint density at radius 3 is 2.47 bits per heavy atom. The minimum absolute atomic E-state index is 0.0127. The van der Waals surface area contributed by atoms with E-state index in [1.807, 2.05) is 31.2 Å². The number of aliphatic hydroxyl groups is 1. The zero-order valence-electron chi connectivity index (χ0n) is 16.6. The van der Waals surface area contributed by atoms with E-state index in [1.165, 1.54) is 0 Å². The molecular formula is C20H22N6O4. The van der Waals surface area contributed by atoms with E-state index in [1.54, 1.807) is 23.9 Å². The number of aliphatic hydroxyl groups excluding tert-OH is 1. The Labute approximate surface area is 172 Å². The van der Waals surface area contributed by atoms with Crippen molar-refractivity contribution in [3.05, 3.63) is 70.2 Å². The molecule has 10 nitrogen and oxygen atoms in total. The fraction of sp³-hybridized carbons (Fsp3) is 0.250. The number of nitrogens with one attached hydrogen (secondary N) is 2. The highest BCUT2D eigenvalue weighted by molar-refractivity contribution is 5.91. The number of amides is 2. The van der Waals surface area contributed by atoms with Crippen LogP contribution in [0.25, 0.3) is 0 Å². The molecule has 0 aliphatic heterocycles. The highest BCUT2D eigenvalue weighted by Gasteiger charge is 2.14. The lowest BCUT2D eigenvalue weighted by Gasteiger charge is -2.12. The molecule has 3 rings (SSSR count). The number of nitrogens with zero attached hydrogens (tertiary/aromatic N) is 4. The van der Waals surface area contributed by atoms with E-state index in [9.17, 15) is 9.59 Å². The van der Waals surface area contributed by atoms with E-state index >= 15 is 0 Å². The summed E-state index contributed by atoms with van der Waals surface area (Å²) >= 11 is 0. The fourth-order valence-electron chi connectivity index (χ4n) is 2.97. The van der Waals surface area contributed by atoms with Gasteiger partial charge in [-0.05, 0) is 42.2 Å². The summed E-state index contributed by atoms with van der Waals surface area (Å²) in [7, 11) is 0. The molecule has 156 valence electrons. The Kier molecular flexibility index (Phi) is 6.38. The maximum atomic E-state index is 12.4. The van der Waals surface area contributed by atoms with Gasteiger partial charge in [0.05, 0.1) is 19.3 Å². The zero-order valence-corrected chi connectivity index (χ0v) is 16.6. The molecule has 30 heavy (non-hydrogen) atoms. The van der Waals surface area contributed by atoms with Crippen LogP contribution in [0.15, 0.2) is 36.5 Å². The number of carboxylic acid groups (broad SMARTS) is 1. The van der Waals surface area contributed by atoms with Gasteiger partial charge in [0.15, 0.2) is 5.69 Å². The van der Waals surface area contributed by atoms with Gasteiger partial charge in [0.25, 0.3) is 5.91 Å². The van der Waals surface area contributed by atoms with Gasteiger partial charge in [0.2, 0.25) is 0 Å². The molecule has 3 aromatic rings. The number of rotatable bonds is 7. The number of aromatic nitrogens is 4. The zero-order chi connectivity index (χ0) is 21.7. The molecule has 4 N–H and O–H groups in total. The Hall–Kier alpha value is -3.79. The first-order valence-electron chi connectivity index (χ1n) is 9.19. The molecule has 0 unspecified atom stereocenters. The first kappa shape index (κ1) is 20.9. The van der Waals surface area contributed by atoms with Crippen molar-refractivity contribution in [1.29, 1.82) is 0 Å². The summed E-state index contributed by atoms with van der Waals surface area (Å²) in [6.07, 6.45) is 0.377. The normalized spacial score (nSPS) is 10.6. The number of anilines is 1. The van der Waals surface area contributed by atoms with Crippen molar-refractivity contribution in [2.24, 2.45) is 0 Å². The maximum Gasteiger partial charge on any atom is 0.410 e. The van der Waals surface area contributed by atoms with Crippen LogP contribution in [0.3, 0.4) is 0 Å². The summed E-state index contributed by atoms with van der Waals surface area (Å²) in [6, 6.07) is 9.04. The number of hydrogen-bond acceptors (Lipinski definition) is 6. The van der Waals surface area contributed by atoms with Gasteiger partial charge in [-0.15, -0.1) is 5.10 Å². The average molecular weight is 410 g/mol. The highest BCUT2D eigenvalue weighted by Crippen LogP contribution is 2.16. The van der Waals surface area contributed by atoms with E-state index in [4.69, 9.17) is 10.2 Å². The molecule has 0 spiro atoms. The van der Waals surface area contributed by atoms with Gasteiger partial charge in [0, 0.05) is 12.2 Å². The second-order valence-corrected chi connectivity index (χ2v) is 6.78. The molecule has 0 saturated carbocycles. The lowest BCUT2D eigenvalue weighted by molar-refractivity contribution is 0.0945. The van der Waals surface area contributed by atoms with Crippen LogP contribution >= 0.6 is 0 Å². The molecule has 0 radical (unpaired) electrons. The van der Waals surface area contributed by atoms with Crippen molar-refractivity contribution in [2.75, 3.05) is 5.32 Å². The number of pyridine rings is 1. The van der Waals surface area contributed by atoms with Crippen molar-refractivity contribution >= 4 is 17.8 Å². The molecule has 0 saturated heterocycles. The van der Waals surface area contributed by atoms with Gasteiger partial charge in [-0.3, -0.25) is 10.1 Å². The molecule has 0 atom stereocenters. The molecule has 0 bridgehead atoms. The van der Waals surface area contributed by atoms with Crippen LogP contribution in [-0.4, -0.2) is 42.2 Å². The summed E-state index contributed by atoms with van der Waals surface area (Å²) in [5, 5.41) is 30.8. The van der Waals surface area contributed by atoms with Gasteiger partial charge in [-0.25, -0.2) is 14.5 Å². The number of aryl methyl sites for hydroxylation is 2. The van der Waals surface area contributed by atoms with Gasteiger partial charge in [-0.1, -0.05) is 29.5 Å². The first-order valence-corrected chi connectivity index (χ1v) is 9.19. The largest absolute Gasteiger partial charge is 0.465 e. The average Bonchev–Trinajstić information content (AvgIpc) is 3.16. The van der Waals surface area contributed by atoms with Gasteiger partial charge < -0.3 is 15.5 Å². The Morgan fingerprint density at radius 1 is 1.13 bits per heavy atom. The van der Waals surface area contributed by atoms with Gasteiger partial charge in [-0.2, -0.15) is 0 Å². The Bertz CT molecular complexity index is 1040. The van der Waals surface area contributed by atoms with E-state index in [2.05, 4.69) is 25.9 Å². The summed E-state index contributed by atoms with van der Waals surface area (Å²) in [6.45, 7) is 4.24. The molecule has 2 aromatic heterocycles. The topological polar surface area (TPSA) is 142 Å². The third-order valence-electron chi connectivity index (χ3n) is 4.54. The minimum Gasteiger partial charge on any atom is -0.465 e. The lowest BCUT2D eigenvalue weighted by atomic mass is 10.1. The van der Waals surface area contributed by atoms with Crippen molar-refractivity contribution in [1.82, 2.24) is 25.3 Å². The number of carbonyl (C=O) groups excluding carboxylic acids is 1. The van der Waals surface area contributed by atoms with E-state index in [0.717, 1.165) is 22.3 Å². The molecule has 0 aliphatic rings. The summed E-state index contributed by atoms with van der Waals surface area (Å²) in [4.78, 5) is 27.4. The standard InChI is InChI=1S/C20H22N6O4/c1-12-7-18(23-20(29)30)22-13(2)16(12)8-21-19(28)17-10-26(25-24-17)9-14-3-5-15(11-27)6-4-14/h3-7,10,27H,8-9,11H2,1-2H3,(H,21,28)(H,22,23)(H,29,30). The van der Waals surface area contributed by atoms with Crippen LogP contribution in [-0.2, 0) is 19.7 Å². The second kappa shape index (κ2) is 9.14. The number of carbonyl (C=O) groups is 2. The molecule has 0 aliphatic carbocycles. The van der Waals surface area contributed by atoms with Crippen molar-refractivity contribution in [3.63, 3.8) is 0 Å². The lowest BCUT2D eigenvalue weighted by Crippen LogP contribution is -2.24. The van der Waals surface area contributed by atoms with Crippen LogP contribution in [0, 0.1) is 13.8 Å². The smallest absolute Gasteiger partial charge is 0.410 e. The molecule has 2 amide bonds. The van der Waals surface area contributed by atoms with Crippen molar-refractivity contribution in [3.8, 4) is 0 Å². The third-order valence-corrected chi connectivity index (χ3v) is 4.54. The second-order valence-electron chi connectivity index (χ2n) is 6.78. The van der Waals surface area contributed by atoms with Gasteiger partial charge >= 0.3 is 6.09 Å². The van der Waals surface area contributed by atoms with E-state index in [-0.39, 0.29) is 30.6 Å². The minimum atomic E-state index is -1.19. The number of benzene rings is 1. The predicted octanol–water partition coefficient (Wildman–Crippen LogP) is 1.85. The number of hydrogen-bond donors (Lipinski definition) is 4. The van der Waals surface area contributed by atoms with Crippen LogP contribution in [0.4, 0.5) is 10.6 Å². The van der Waals surface area contributed by atoms with Gasteiger partial charge in [0.1, 0.15) is 5.82 Å². The molecule has 10 heteroatoms. The quantitative estimate of drug-likeness (QED) is 0.465. The molecule has 2 heterocycles.